The lowest BCUT2D eigenvalue weighted by Gasteiger charge is -2.28. The Labute approximate surface area is 287 Å². The van der Waals surface area contributed by atoms with Gasteiger partial charge in [0.05, 0.1) is 24.4 Å². The molecule has 0 radical (unpaired) electrons. The summed E-state index contributed by atoms with van der Waals surface area (Å²) in [5.74, 6) is -0.589. The van der Waals surface area contributed by atoms with Crippen LogP contribution in [0.15, 0.2) is 73.1 Å². The van der Waals surface area contributed by atoms with E-state index in [-0.39, 0.29) is 23.0 Å². The smallest absolute Gasteiger partial charge is 0.323 e. The fourth-order valence-corrected chi connectivity index (χ4v) is 6.14. The highest BCUT2D eigenvalue weighted by Gasteiger charge is 2.28. The molecule has 2 aliphatic heterocycles. The Morgan fingerprint density at radius 1 is 0.920 bits per heavy atom. The van der Waals surface area contributed by atoms with Crippen molar-refractivity contribution in [1.29, 1.82) is 0 Å². The van der Waals surface area contributed by atoms with Gasteiger partial charge in [-0.25, -0.2) is 24.1 Å². The highest BCUT2D eigenvalue weighted by Crippen LogP contribution is 2.31. The fraction of sp³-hybridized carbons (Fsp3) is 0.278. The summed E-state index contributed by atoms with van der Waals surface area (Å²) in [7, 11) is 4.02. The second kappa shape index (κ2) is 14.1. The first-order valence-corrected chi connectivity index (χ1v) is 16.3. The first-order valence-electron chi connectivity index (χ1n) is 16.3. The molecule has 1 atom stereocenters. The van der Waals surface area contributed by atoms with Crippen molar-refractivity contribution in [1.82, 2.24) is 29.7 Å². The summed E-state index contributed by atoms with van der Waals surface area (Å²) in [5, 5.41) is 5.22. The highest BCUT2D eigenvalue weighted by molar-refractivity contribution is 6.01. The van der Waals surface area contributed by atoms with Crippen molar-refractivity contribution in [2.75, 3.05) is 69.0 Å². The molecule has 256 valence electrons. The predicted molar refractivity (Wildman–Crippen MR) is 186 cm³/mol. The van der Waals surface area contributed by atoms with Crippen LogP contribution in [-0.4, -0.2) is 101 Å². The monoisotopic (exact) mass is 679 g/mol. The zero-order valence-corrected chi connectivity index (χ0v) is 27.6. The van der Waals surface area contributed by atoms with Crippen molar-refractivity contribution in [3.63, 3.8) is 0 Å². The van der Waals surface area contributed by atoms with Crippen molar-refractivity contribution >= 4 is 40.2 Å². The van der Waals surface area contributed by atoms with Gasteiger partial charge < -0.3 is 30.1 Å². The van der Waals surface area contributed by atoms with Crippen LogP contribution in [0.1, 0.15) is 16.8 Å². The number of rotatable bonds is 7. The van der Waals surface area contributed by atoms with E-state index < -0.39 is 17.8 Å². The van der Waals surface area contributed by atoms with Gasteiger partial charge in [-0.15, -0.1) is 0 Å². The third-order valence-electron chi connectivity index (χ3n) is 8.94. The first kappa shape index (κ1) is 32.9. The van der Waals surface area contributed by atoms with E-state index in [2.05, 4.69) is 25.5 Å². The Kier molecular flexibility index (Phi) is 9.28. The average molecular weight is 680 g/mol. The van der Waals surface area contributed by atoms with E-state index in [0.29, 0.717) is 84.7 Å². The second-order valence-corrected chi connectivity index (χ2v) is 12.4. The third-order valence-corrected chi connectivity index (χ3v) is 8.94. The molecule has 12 nitrogen and oxygen atoms in total. The molecular weight excluding hydrogens is 644 g/mol. The summed E-state index contributed by atoms with van der Waals surface area (Å²) in [5.41, 5.74) is 3.04. The number of benzene rings is 2. The maximum atomic E-state index is 15.5. The summed E-state index contributed by atoms with van der Waals surface area (Å²) < 4.78 is 35.5. The molecule has 0 bridgehead atoms. The molecule has 0 saturated carbocycles. The van der Waals surface area contributed by atoms with Crippen LogP contribution >= 0.6 is 0 Å². The number of likely N-dealkylation sites (tertiary alicyclic amines) is 1. The van der Waals surface area contributed by atoms with Gasteiger partial charge in [-0.05, 0) is 81.2 Å². The molecule has 7 rings (SSSR count). The van der Waals surface area contributed by atoms with Gasteiger partial charge in [0.2, 0.25) is 5.95 Å². The number of carbonyl (C=O) groups is 2. The van der Waals surface area contributed by atoms with Gasteiger partial charge in [-0.1, -0.05) is 0 Å². The Morgan fingerprint density at radius 2 is 1.72 bits per heavy atom. The van der Waals surface area contributed by atoms with E-state index in [0.717, 1.165) is 6.42 Å². The number of halogens is 2. The number of urea groups is 1. The molecule has 5 aromatic rings. The number of anilines is 3. The number of morpholine rings is 1. The summed E-state index contributed by atoms with van der Waals surface area (Å²) in [4.78, 5) is 49.5. The maximum absolute atomic E-state index is 15.5. The second-order valence-electron chi connectivity index (χ2n) is 12.4. The van der Waals surface area contributed by atoms with Crippen LogP contribution < -0.4 is 15.5 Å². The topological polar surface area (TPSA) is 129 Å². The van der Waals surface area contributed by atoms with Crippen molar-refractivity contribution in [3.05, 3.63) is 90.4 Å². The van der Waals surface area contributed by atoms with Crippen LogP contribution in [0.25, 0.3) is 33.5 Å². The van der Waals surface area contributed by atoms with Gasteiger partial charge >= 0.3 is 6.03 Å². The van der Waals surface area contributed by atoms with Crippen LogP contribution in [0.3, 0.4) is 0 Å². The molecular formula is C36H35F2N9O3. The van der Waals surface area contributed by atoms with E-state index >= 15 is 4.39 Å². The van der Waals surface area contributed by atoms with Crippen molar-refractivity contribution in [3.8, 4) is 22.5 Å². The minimum Gasteiger partial charge on any atom is -0.378 e. The van der Waals surface area contributed by atoms with Gasteiger partial charge in [0.15, 0.2) is 11.6 Å². The standard InChI is InChI=1S/C36H35F2N9O3/c1-45(2)26-11-13-47(21-26)35(48)22-5-8-25(9-6-22)41-36(49)43-29-10-7-23(18-28(29)37)33-42-30-19-24(27-4-3-12-39-32(27)38)20-40-31(30)34(44-33)46-14-16-50-17-15-46/h3-10,12,18-20,26H,11,13-17,21H2,1-2H3,(H2,41,43,49). The van der Waals surface area contributed by atoms with E-state index in [1.54, 1.807) is 54.7 Å². The average Bonchev–Trinajstić information content (AvgIpc) is 3.64. The molecule has 2 aromatic carbocycles. The molecule has 3 amide bonds. The number of amides is 3. The van der Waals surface area contributed by atoms with Crippen molar-refractivity contribution in [2.24, 2.45) is 0 Å². The molecule has 0 spiro atoms. The molecule has 2 fully saturated rings. The Bertz CT molecular complexity index is 2060. The van der Waals surface area contributed by atoms with E-state index in [1.165, 1.54) is 18.3 Å². The Morgan fingerprint density at radius 3 is 2.44 bits per heavy atom. The number of ether oxygens (including phenoxy) is 1. The van der Waals surface area contributed by atoms with Gasteiger partial charge in [0.1, 0.15) is 11.3 Å². The number of aromatic nitrogens is 4. The zero-order valence-electron chi connectivity index (χ0n) is 27.6. The number of nitrogens with one attached hydrogen (secondary N) is 2. The lowest BCUT2D eigenvalue weighted by Crippen LogP contribution is -2.37. The molecule has 2 aliphatic rings. The van der Waals surface area contributed by atoms with Crippen LogP contribution in [-0.2, 0) is 4.74 Å². The van der Waals surface area contributed by atoms with Gasteiger partial charge in [-0.3, -0.25) is 9.78 Å². The molecule has 0 aliphatic carbocycles. The van der Waals surface area contributed by atoms with E-state index in [9.17, 15) is 14.0 Å². The summed E-state index contributed by atoms with van der Waals surface area (Å²) in [6, 6.07) is 15.5. The van der Waals surface area contributed by atoms with Gasteiger partial charge in [0, 0.05) is 72.6 Å². The fourth-order valence-electron chi connectivity index (χ4n) is 6.14. The molecule has 14 heteroatoms. The number of hydrogen-bond donors (Lipinski definition) is 2. The highest BCUT2D eigenvalue weighted by atomic mass is 19.1. The summed E-state index contributed by atoms with van der Waals surface area (Å²) >= 11 is 0. The summed E-state index contributed by atoms with van der Waals surface area (Å²) in [6.45, 7) is 3.54. The lowest BCUT2D eigenvalue weighted by molar-refractivity contribution is 0.0783. The number of likely N-dealkylation sites (N-methyl/N-ethyl adjacent to an activating group) is 1. The number of hydrogen-bond acceptors (Lipinski definition) is 9. The van der Waals surface area contributed by atoms with Gasteiger partial charge in [-0.2, -0.15) is 4.39 Å². The number of fused-ring (bicyclic) bond motifs is 1. The van der Waals surface area contributed by atoms with E-state index in [1.807, 2.05) is 23.9 Å². The minimum atomic E-state index is -0.693. The predicted octanol–water partition coefficient (Wildman–Crippen LogP) is 5.29. The number of carbonyl (C=O) groups excluding carboxylic acids is 2. The molecule has 3 aromatic heterocycles. The first-order chi connectivity index (χ1) is 24.2. The molecule has 2 saturated heterocycles. The zero-order chi connectivity index (χ0) is 34.8. The van der Waals surface area contributed by atoms with Crippen LogP contribution in [0, 0.1) is 11.8 Å². The van der Waals surface area contributed by atoms with Crippen molar-refractivity contribution < 1.29 is 23.1 Å². The lowest BCUT2D eigenvalue weighted by atomic mass is 10.1. The maximum Gasteiger partial charge on any atom is 0.323 e. The SMILES string of the molecule is CN(C)C1CCN(C(=O)c2ccc(NC(=O)Nc3ccc(-c4nc(N5CCOCC5)c5ncc(-c6cccnc6F)cc5n4)cc3F)cc2)C1. The molecule has 2 N–H and O–H groups in total. The third kappa shape index (κ3) is 6.93. The molecule has 5 heterocycles. The number of pyridine rings is 2. The van der Waals surface area contributed by atoms with E-state index in [4.69, 9.17) is 14.7 Å². The normalized spacial score (nSPS) is 16.2. The Hall–Kier alpha value is -5.60. The molecule has 50 heavy (non-hydrogen) atoms. The largest absolute Gasteiger partial charge is 0.378 e. The van der Waals surface area contributed by atoms with Crippen LogP contribution in [0.2, 0.25) is 0 Å². The van der Waals surface area contributed by atoms with Crippen LogP contribution in [0.4, 0.5) is 30.8 Å². The van der Waals surface area contributed by atoms with Crippen LogP contribution in [0.5, 0.6) is 0 Å². The van der Waals surface area contributed by atoms with Gasteiger partial charge in [0.25, 0.3) is 5.91 Å². The Balaban J connectivity index is 1.09. The molecule has 1 unspecified atom stereocenters. The van der Waals surface area contributed by atoms with Crippen molar-refractivity contribution in [2.45, 2.75) is 12.5 Å². The number of nitrogens with zero attached hydrogens (tertiary/aromatic N) is 7. The minimum absolute atomic E-state index is 0.0484. The summed E-state index contributed by atoms with van der Waals surface area (Å²) in [6.07, 6.45) is 3.86. The quantitative estimate of drug-likeness (QED) is 0.221.